The highest BCUT2D eigenvalue weighted by Crippen LogP contribution is 2.49. The number of rotatable bonds is 6. The van der Waals surface area contributed by atoms with E-state index in [1.54, 1.807) is 19.1 Å². The van der Waals surface area contributed by atoms with Crippen LogP contribution in [0.3, 0.4) is 0 Å². The number of aromatic nitrogens is 2. The third-order valence-corrected chi connectivity index (χ3v) is 6.23. The fourth-order valence-electron chi connectivity index (χ4n) is 4.51. The molecule has 0 bridgehead atoms. The zero-order valence-electron chi connectivity index (χ0n) is 19.3. The fourth-order valence-corrected chi connectivity index (χ4v) is 4.51. The first kappa shape index (κ1) is 22.6. The smallest absolute Gasteiger partial charge is 0.410 e. The molecule has 174 valence electrons. The summed E-state index contributed by atoms with van der Waals surface area (Å²) in [7, 11) is 0. The molecule has 1 aromatic carbocycles. The highest BCUT2D eigenvalue weighted by Gasteiger charge is 2.43. The Labute approximate surface area is 188 Å². The van der Waals surface area contributed by atoms with E-state index in [0.29, 0.717) is 36.0 Å². The molecule has 2 aromatic rings. The largest absolute Gasteiger partial charge is 0.493 e. The number of ether oxygens (including phenoxy) is 2. The normalized spacial score (nSPS) is 21.5. The number of hydrogen-bond donors (Lipinski definition) is 0. The molecule has 4 rings (SSSR count). The maximum absolute atomic E-state index is 14.4. The molecule has 8 heteroatoms. The first-order valence-corrected chi connectivity index (χ1v) is 11.4. The van der Waals surface area contributed by atoms with Crippen molar-refractivity contribution in [1.29, 1.82) is 0 Å². The molecule has 2 aliphatic rings. The Morgan fingerprint density at radius 2 is 2.00 bits per heavy atom. The summed E-state index contributed by atoms with van der Waals surface area (Å²) in [6.07, 6.45) is 4.03. The number of aryl methyl sites for hydroxylation is 1. The summed E-state index contributed by atoms with van der Waals surface area (Å²) in [6.45, 7) is 9.45. The Hall–Kier alpha value is -2.64. The van der Waals surface area contributed by atoms with Crippen LogP contribution >= 0.6 is 0 Å². The van der Waals surface area contributed by atoms with Gasteiger partial charge >= 0.3 is 6.09 Å². The standard InChI is InChI=1S/C24H32FN3O4/c1-15-26-27-22(31-15)19-6-5-18(14-21(19)25)30-12-9-17-13-20(17)16-7-10-28(11-8-16)23(29)32-24(2,3)4/h5-6,14,16-17,20H,7-13H2,1-4H3/t17-,20?/m1/s1. The lowest BCUT2D eigenvalue weighted by Crippen LogP contribution is -2.42. The lowest BCUT2D eigenvalue weighted by molar-refractivity contribution is 0.0174. The minimum atomic E-state index is -0.454. The molecule has 1 aliphatic heterocycles. The van der Waals surface area contributed by atoms with E-state index in [2.05, 4.69) is 10.2 Å². The van der Waals surface area contributed by atoms with E-state index in [4.69, 9.17) is 13.9 Å². The molecule has 0 spiro atoms. The number of amides is 1. The Balaban J connectivity index is 1.18. The highest BCUT2D eigenvalue weighted by atomic mass is 19.1. The van der Waals surface area contributed by atoms with Gasteiger partial charge in [0.1, 0.15) is 17.2 Å². The van der Waals surface area contributed by atoms with Crippen LogP contribution in [0, 0.1) is 30.5 Å². The Kier molecular flexibility index (Phi) is 6.40. The van der Waals surface area contributed by atoms with E-state index in [9.17, 15) is 9.18 Å². The highest BCUT2D eigenvalue weighted by molar-refractivity contribution is 5.68. The number of piperidine rings is 1. The Bertz CT molecular complexity index is 947. The number of benzene rings is 1. The second-order valence-electron chi connectivity index (χ2n) is 9.87. The van der Waals surface area contributed by atoms with Crippen LogP contribution in [-0.4, -0.2) is 46.5 Å². The first-order valence-electron chi connectivity index (χ1n) is 11.4. The van der Waals surface area contributed by atoms with Crippen LogP contribution < -0.4 is 4.74 Å². The molecule has 2 fully saturated rings. The van der Waals surface area contributed by atoms with Crippen LogP contribution in [0.5, 0.6) is 5.75 Å². The van der Waals surface area contributed by atoms with Gasteiger partial charge in [0.05, 0.1) is 12.2 Å². The van der Waals surface area contributed by atoms with E-state index in [1.807, 2.05) is 25.7 Å². The quantitative estimate of drug-likeness (QED) is 0.605. The van der Waals surface area contributed by atoms with Crippen molar-refractivity contribution in [2.45, 2.75) is 59.0 Å². The fraction of sp³-hybridized carbons (Fsp3) is 0.625. The SMILES string of the molecule is Cc1nnc(-c2ccc(OCC[C@@H]3CC3C3CCN(C(=O)OC(C)(C)C)CC3)cc2F)o1. The molecule has 2 heterocycles. The Morgan fingerprint density at radius 1 is 1.25 bits per heavy atom. The molecule has 1 aliphatic carbocycles. The van der Waals surface area contributed by atoms with Gasteiger partial charge in [0.2, 0.25) is 5.89 Å². The molecule has 1 unspecified atom stereocenters. The number of carbonyl (C=O) groups is 1. The predicted octanol–water partition coefficient (Wildman–Crippen LogP) is 5.24. The zero-order valence-corrected chi connectivity index (χ0v) is 19.3. The summed E-state index contributed by atoms with van der Waals surface area (Å²) in [5.74, 6) is 2.66. The zero-order chi connectivity index (χ0) is 22.9. The molecule has 32 heavy (non-hydrogen) atoms. The topological polar surface area (TPSA) is 77.7 Å². The monoisotopic (exact) mass is 445 g/mol. The predicted molar refractivity (Wildman–Crippen MR) is 117 cm³/mol. The van der Waals surface area contributed by atoms with E-state index in [-0.39, 0.29) is 17.5 Å². The molecule has 2 atom stereocenters. The third-order valence-electron chi connectivity index (χ3n) is 6.23. The summed E-state index contributed by atoms with van der Waals surface area (Å²) >= 11 is 0. The van der Waals surface area contributed by atoms with Crippen molar-refractivity contribution in [3.63, 3.8) is 0 Å². The lowest BCUT2D eigenvalue weighted by atomic mass is 9.90. The summed E-state index contributed by atoms with van der Waals surface area (Å²) in [6, 6.07) is 4.70. The van der Waals surface area contributed by atoms with Crippen molar-refractivity contribution >= 4 is 6.09 Å². The van der Waals surface area contributed by atoms with Crippen molar-refractivity contribution in [2.75, 3.05) is 19.7 Å². The van der Waals surface area contributed by atoms with Gasteiger partial charge in [0.25, 0.3) is 5.89 Å². The van der Waals surface area contributed by atoms with E-state index in [1.165, 1.54) is 12.5 Å². The average Bonchev–Trinajstić information content (AvgIpc) is 3.37. The summed E-state index contributed by atoms with van der Waals surface area (Å²) in [5, 5.41) is 7.59. The van der Waals surface area contributed by atoms with Crippen LogP contribution in [0.15, 0.2) is 22.6 Å². The summed E-state index contributed by atoms with van der Waals surface area (Å²) < 4.78 is 30.9. The minimum Gasteiger partial charge on any atom is -0.493 e. The molecular weight excluding hydrogens is 413 g/mol. The molecular formula is C24H32FN3O4. The molecule has 1 saturated carbocycles. The van der Waals surface area contributed by atoms with Crippen molar-refractivity contribution < 1.29 is 23.1 Å². The van der Waals surface area contributed by atoms with Crippen molar-refractivity contribution in [2.24, 2.45) is 17.8 Å². The average molecular weight is 446 g/mol. The van der Waals surface area contributed by atoms with Gasteiger partial charge in [-0.25, -0.2) is 9.18 Å². The van der Waals surface area contributed by atoms with Gasteiger partial charge < -0.3 is 18.8 Å². The number of hydrogen-bond acceptors (Lipinski definition) is 6. The maximum Gasteiger partial charge on any atom is 0.410 e. The summed E-state index contributed by atoms with van der Waals surface area (Å²) in [5.41, 5.74) is -0.178. The molecule has 0 N–H and O–H groups in total. The van der Waals surface area contributed by atoms with Gasteiger partial charge in [0.15, 0.2) is 0 Å². The van der Waals surface area contributed by atoms with E-state index in [0.717, 1.165) is 32.4 Å². The van der Waals surface area contributed by atoms with Gasteiger partial charge in [-0.1, -0.05) is 0 Å². The second-order valence-corrected chi connectivity index (χ2v) is 9.87. The molecule has 1 amide bonds. The van der Waals surface area contributed by atoms with Crippen LogP contribution in [0.25, 0.3) is 11.5 Å². The number of likely N-dealkylation sites (tertiary alicyclic amines) is 1. The molecule has 7 nitrogen and oxygen atoms in total. The van der Waals surface area contributed by atoms with Crippen LogP contribution in [0.4, 0.5) is 9.18 Å². The molecule has 1 aromatic heterocycles. The van der Waals surface area contributed by atoms with Crippen molar-refractivity contribution in [3.8, 4) is 17.2 Å². The van der Waals surface area contributed by atoms with Gasteiger partial charge in [0, 0.05) is 26.1 Å². The lowest BCUT2D eigenvalue weighted by Gasteiger charge is -2.33. The summed E-state index contributed by atoms with van der Waals surface area (Å²) in [4.78, 5) is 14.1. The van der Waals surface area contributed by atoms with Gasteiger partial charge in [-0.2, -0.15) is 0 Å². The third kappa shape index (κ3) is 5.58. The van der Waals surface area contributed by atoms with Gasteiger partial charge in [-0.3, -0.25) is 0 Å². The van der Waals surface area contributed by atoms with E-state index < -0.39 is 11.4 Å². The number of nitrogens with zero attached hydrogens (tertiary/aromatic N) is 3. The molecule has 1 saturated heterocycles. The van der Waals surface area contributed by atoms with Crippen LogP contribution in [-0.2, 0) is 4.74 Å². The second kappa shape index (κ2) is 9.08. The van der Waals surface area contributed by atoms with Crippen LogP contribution in [0.2, 0.25) is 0 Å². The number of halogens is 1. The molecule has 0 radical (unpaired) electrons. The van der Waals surface area contributed by atoms with Gasteiger partial charge in [-0.05, 0) is 76.3 Å². The van der Waals surface area contributed by atoms with Crippen molar-refractivity contribution in [1.82, 2.24) is 15.1 Å². The first-order chi connectivity index (χ1) is 15.2. The number of carbonyl (C=O) groups excluding carboxylic acids is 1. The minimum absolute atomic E-state index is 0.171. The van der Waals surface area contributed by atoms with Gasteiger partial charge in [-0.15, -0.1) is 10.2 Å². The van der Waals surface area contributed by atoms with Crippen LogP contribution in [0.1, 0.15) is 52.3 Å². The van der Waals surface area contributed by atoms with Crippen molar-refractivity contribution in [3.05, 3.63) is 29.9 Å². The Morgan fingerprint density at radius 3 is 2.62 bits per heavy atom. The van der Waals surface area contributed by atoms with E-state index >= 15 is 0 Å². The maximum atomic E-state index is 14.4.